The van der Waals surface area contributed by atoms with Crippen LogP contribution in [0.3, 0.4) is 0 Å². The van der Waals surface area contributed by atoms with Crippen molar-refractivity contribution >= 4 is 5.97 Å². The molecule has 0 bridgehead atoms. The van der Waals surface area contributed by atoms with Gasteiger partial charge in [0, 0.05) is 11.8 Å². The molecule has 2 rings (SSSR count). The third kappa shape index (κ3) is 2.88. The van der Waals surface area contributed by atoms with Crippen LogP contribution in [0.25, 0.3) is 0 Å². The molecule has 0 unspecified atom stereocenters. The number of carbonyl (C=O) groups excluding carboxylic acids is 1. The number of ether oxygens (including phenoxy) is 2. The fourth-order valence-electron chi connectivity index (χ4n) is 2.55. The number of hydrogen-bond donors (Lipinski definition) is 0. The lowest BCUT2D eigenvalue weighted by Gasteiger charge is -2.25. The third-order valence-corrected chi connectivity index (χ3v) is 3.97. The molecule has 0 aromatic carbocycles. The predicted molar refractivity (Wildman–Crippen MR) is 78.9 cm³/mol. The van der Waals surface area contributed by atoms with Gasteiger partial charge in [0.25, 0.3) is 0 Å². The molecule has 1 aliphatic heterocycles. The normalized spacial score (nSPS) is 28.6. The average molecular weight is 276 g/mol. The highest BCUT2D eigenvalue weighted by molar-refractivity contribution is 5.76. The lowest BCUT2D eigenvalue weighted by molar-refractivity contribution is -0.147. The summed E-state index contributed by atoms with van der Waals surface area (Å²) in [5.41, 5.74) is 0.240. The second kappa shape index (κ2) is 4.88. The zero-order valence-corrected chi connectivity index (χ0v) is 13.0. The molecule has 0 spiro atoms. The van der Waals surface area contributed by atoms with Crippen molar-refractivity contribution in [3.05, 3.63) is 36.1 Å². The molecule has 2 aliphatic rings. The Morgan fingerprint density at radius 1 is 1.45 bits per heavy atom. The number of rotatable bonds is 1. The molecule has 1 saturated heterocycles. The van der Waals surface area contributed by atoms with Gasteiger partial charge in [-0.25, -0.2) is 0 Å². The number of hydrogen-bond acceptors (Lipinski definition) is 3. The van der Waals surface area contributed by atoms with E-state index in [9.17, 15) is 4.79 Å². The van der Waals surface area contributed by atoms with Crippen molar-refractivity contribution in [3.8, 4) is 0 Å². The second-order valence-electron chi connectivity index (χ2n) is 7.17. The quantitative estimate of drug-likeness (QED) is 0.686. The summed E-state index contributed by atoms with van der Waals surface area (Å²) >= 11 is 0. The summed E-state index contributed by atoms with van der Waals surface area (Å²) in [6.45, 7) is 14.5. The highest BCUT2D eigenvalue weighted by atomic mass is 16.5. The van der Waals surface area contributed by atoms with Gasteiger partial charge in [0.1, 0.15) is 5.76 Å². The van der Waals surface area contributed by atoms with Crippen LogP contribution in [0.2, 0.25) is 0 Å². The smallest absolute Gasteiger partial charge is 0.316 e. The van der Waals surface area contributed by atoms with Crippen LogP contribution in [0.15, 0.2) is 36.1 Å². The van der Waals surface area contributed by atoms with Gasteiger partial charge in [-0.15, -0.1) is 0 Å². The van der Waals surface area contributed by atoms with Crippen LogP contribution in [0.1, 0.15) is 34.6 Å². The van der Waals surface area contributed by atoms with Gasteiger partial charge in [0.2, 0.25) is 0 Å². The summed E-state index contributed by atoms with van der Waals surface area (Å²) in [4.78, 5) is 12.0. The van der Waals surface area contributed by atoms with E-state index in [2.05, 4.69) is 26.5 Å². The van der Waals surface area contributed by atoms with Crippen LogP contribution >= 0.6 is 0 Å². The first kappa shape index (κ1) is 15.0. The van der Waals surface area contributed by atoms with Gasteiger partial charge >= 0.3 is 5.97 Å². The van der Waals surface area contributed by atoms with Crippen molar-refractivity contribution in [2.24, 2.45) is 17.3 Å². The maximum absolute atomic E-state index is 12.0. The zero-order chi connectivity index (χ0) is 15.1. The number of carbonyl (C=O) groups is 1. The highest BCUT2D eigenvalue weighted by Gasteiger charge is 2.43. The lowest BCUT2D eigenvalue weighted by Crippen LogP contribution is -2.28. The topological polar surface area (TPSA) is 35.5 Å². The molecule has 0 aromatic rings. The molecule has 2 atom stereocenters. The van der Waals surface area contributed by atoms with Crippen molar-refractivity contribution in [2.75, 3.05) is 6.61 Å². The summed E-state index contributed by atoms with van der Waals surface area (Å²) in [6.07, 6.45) is 5.81. The number of allylic oxidation sites excluding steroid dienone is 2. The molecule has 20 heavy (non-hydrogen) atoms. The molecule has 0 radical (unpaired) electrons. The van der Waals surface area contributed by atoms with Gasteiger partial charge in [0.05, 0.1) is 17.6 Å². The van der Waals surface area contributed by atoms with E-state index in [-0.39, 0.29) is 23.4 Å². The van der Waals surface area contributed by atoms with Gasteiger partial charge in [-0.2, -0.15) is 0 Å². The van der Waals surface area contributed by atoms with Crippen LogP contribution < -0.4 is 0 Å². The Labute approximate surface area is 121 Å². The lowest BCUT2D eigenvalue weighted by atomic mass is 9.80. The average Bonchev–Trinajstić information content (AvgIpc) is 2.49. The minimum absolute atomic E-state index is 0.207. The van der Waals surface area contributed by atoms with Crippen LogP contribution in [0, 0.1) is 17.3 Å². The van der Waals surface area contributed by atoms with Crippen LogP contribution in [0.4, 0.5) is 0 Å². The summed E-state index contributed by atoms with van der Waals surface area (Å²) in [5, 5.41) is 0. The fourth-order valence-corrected chi connectivity index (χ4v) is 2.55. The van der Waals surface area contributed by atoms with Crippen LogP contribution in [-0.2, 0) is 14.3 Å². The first-order valence-electron chi connectivity index (χ1n) is 7.06. The molecule has 0 N–H and O–H groups in total. The van der Waals surface area contributed by atoms with Crippen LogP contribution in [0.5, 0.6) is 0 Å². The van der Waals surface area contributed by atoms with Gasteiger partial charge < -0.3 is 9.47 Å². The minimum Gasteiger partial charge on any atom is -0.426 e. The molecule has 0 aromatic heterocycles. The molecule has 1 heterocycles. The Hall–Kier alpha value is -1.35. The molecule has 1 aliphatic carbocycles. The van der Waals surface area contributed by atoms with Gasteiger partial charge in [-0.3, -0.25) is 4.79 Å². The first-order valence-corrected chi connectivity index (χ1v) is 7.06. The molecule has 1 fully saturated rings. The second-order valence-corrected chi connectivity index (χ2v) is 7.17. The van der Waals surface area contributed by atoms with E-state index in [0.29, 0.717) is 12.4 Å². The van der Waals surface area contributed by atoms with E-state index >= 15 is 0 Å². The standard InChI is InChI=1S/C17H24O3/c1-11-9-12(20-15(18)16(2,3)4)7-8-14-13(11)10-19-17(14,5)6/h7-9,13-14H,1,10H2,2-6H3/t13-,14+/m0/s1. The summed E-state index contributed by atoms with van der Waals surface area (Å²) in [5.74, 6) is 0.855. The van der Waals surface area contributed by atoms with E-state index in [4.69, 9.17) is 9.47 Å². The Bertz CT molecular complexity index is 489. The molecule has 110 valence electrons. The molecule has 3 nitrogen and oxygen atoms in total. The van der Waals surface area contributed by atoms with E-state index in [1.165, 1.54) is 0 Å². The van der Waals surface area contributed by atoms with Gasteiger partial charge in [-0.1, -0.05) is 12.7 Å². The fraction of sp³-hybridized carbons (Fsp3) is 0.588. The molecule has 0 saturated carbocycles. The molecular weight excluding hydrogens is 252 g/mol. The zero-order valence-electron chi connectivity index (χ0n) is 13.0. The van der Waals surface area contributed by atoms with E-state index in [1.54, 1.807) is 0 Å². The van der Waals surface area contributed by atoms with Crippen molar-refractivity contribution in [1.82, 2.24) is 0 Å². The SMILES string of the molecule is C=C1C=C(OC(=O)C(C)(C)C)C=C[C@@H]2[C@H]1COC2(C)C. The predicted octanol–water partition coefficient (Wildman–Crippen LogP) is 3.63. The Morgan fingerprint density at radius 2 is 2.10 bits per heavy atom. The van der Waals surface area contributed by atoms with Gasteiger partial charge in [0.15, 0.2) is 0 Å². The number of esters is 1. The van der Waals surface area contributed by atoms with E-state index in [0.717, 1.165) is 5.57 Å². The van der Waals surface area contributed by atoms with Crippen molar-refractivity contribution in [3.63, 3.8) is 0 Å². The Balaban J connectivity index is 2.20. The highest BCUT2D eigenvalue weighted by Crippen LogP contribution is 2.42. The summed E-state index contributed by atoms with van der Waals surface area (Å²) in [7, 11) is 0. The molecule has 3 heteroatoms. The molecular formula is C17H24O3. The maximum atomic E-state index is 12.0. The molecule has 0 amide bonds. The third-order valence-electron chi connectivity index (χ3n) is 3.97. The maximum Gasteiger partial charge on any atom is 0.316 e. The minimum atomic E-state index is -0.513. The number of fused-ring (bicyclic) bond motifs is 1. The largest absolute Gasteiger partial charge is 0.426 e. The van der Waals surface area contributed by atoms with Crippen molar-refractivity contribution < 1.29 is 14.3 Å². The monoisotopic (exact) mass is 276 g/mol. The first-order chi connectivity index (χ1) is 9.11. The Morgan fingerprint density at radius 3 is 2.70 bits per heavy atom. The van der Waals surface area contributed by atoms with E-state index < -0.39 is 5.41 Å². The van der Waals surface area contributed by atoms with Gasteiger partial charge in [-0.05, 0) is 52.3 Å². The van der Waals surface area contributed by atoms with Crippen molar-refractivity contribution in [1.29, 1.82) is 0 Å². The van der Waals surface area contributed by atoms with Crippen LogP contribution in [-0.4, -0.2) is 18.2 Å². The van der Waals surface area contributed by atoms with E-state index in [1.807, 2.05) is 32.9 Å². The van der Waals surface area contributed by atoms with Crippen molar-refractivity contribution in [2.45, 2.75) is 40.2 Å². The summed E-state index contributed by atoms with van der Waals surface area (Å²) < 4.78 is 11.3. The Kier molecular flexibility index (Phi) is 3.67. The summed E-state index contributed by atoms with van der Waals surface area (Å²) in [6, 6.07) is 0.